The summed E-state index contributed by atoms with van der Waals surface area (Å²) < 4.78 is 22.7. The average molecular weight is 572 g/mol. The minimum Gasteiger partial charge on any atom is -0.357 e. The molecule has 32 heavy (non-hydrogen) atoms. The van der Waals surface area contributed by atoms with E-state index >= 15 is 0 Å². The summed E-state index contributed by atoms with van der Waals surface area (Å²) in [6.07, 6.45) is 2.91. The number of likely N-dealkylation sites (tertiary alicyclic amines) is 1. The molecule has 2 aromatic carbocycles. The van der Waals surface area contributed by atoms with Gasteiger partial charge in [0.25, 0.3) is 0 Å². The Morgan fingerprint density at radius 1 is 1.06 bits per heavy atom. The van der Waals surface area contributed by atoms with Crippen molar-refractivity contribution in [3.63, 3.8) is 0 Å². The summed E-state index contributed by atoms with van der Waals surface area (Å²) >= 11 is 0. The van der Waals surface area contributed by atoms with Crippen LogP contribution < -0.4 is 15.8 Å². The van der Waals surface area contributed by atoms with Crippen molar-refractivity contribution in [2.75, 3.05) is 26.2 Å². The third kappa shape index (κ3) is 8.68. The molecule has 1 aliphatic heterocycles. The topological polar surface area (TPSA) is 99.8 Å². The summed E-state index contributed by atoms with van der Waals surface area (Å²) in [6, 6.07) is 17.7. The van der Waals surface area contributed by atoms with Gasteiger partial charge in [0.05, 0.1) is 4.90 Å². The van der Waals surface area contributed by atoms with E-state index in [4.69, 9.17) is 10.1 Å². The molecule has 0 aromatic heterocycles. The number of nitrogens with zero attached hydrogens (tertiary/aromatic N) is 2. The molecule has 4 N–H and O–H groups in total. The fraction of sp³-hybridized carbons (Fsp3) is 0.435. The van der Waals surface area contributed by atoms with Gasteiger partial charge in [-0.05, 0) is 49.4 Å². The van der Waals surface area contributed by atoms with Crippen molar-refractivity contribution >= 4 is 40.0 Å². The number of guanidine groups is 1. The molecule has 0 spiro atoms. The Bertz CT molecular complexity index is 944. The minimum atomic E-state index is -3.65. The van der Waals surface area contributed by atoms with E-state index in [0.29, 0.717) is 12.6 Å². The number of benzene rings is 2. The zero-order chi connectivity index (χ0) is 22.1. The number of hydrogen-bond donors (Lipinski definition) is 3. The van der Waals surface area contributed by atoms with Crippen molar-refractivity contribution in [2.45, 2.75) is 43.7 Å². The van der Waals surface area contributed by atoms with Gasteiger partial charge in [-0.2, -0.15) is 0 Å². The van der Waals surface area contributed by atoms with E-state index < -0.39 is 10.0 Å². The zero-order valence-corrected chi connectivity index (χ0v) is 21.7. The summed E-state index contributed by atoms with van der Waals surface area (Å²) in [4.78, 5) is 7.33. The second kappa shape index (κ2) is 13.1. The summed E-state index contributed by atoms with van der Waals surface area (Å²) in [7, 11) is -3.65. The molecule has 0 radical (unpaired) electrons. The molecule has 1 saturated heterocycles. The van der Waals surface area contributed by atoms with E-state index in [2.05, 4.69) is 52.8 Å². The summed E-state index contributed by atoms with van der Waals surface area (Å²) in [5.41, 5.74) is 2.39. The van der Waals surface area contributed by atoms with Gasteiger partial charge in [-0.1, -0.05) is 42.5 Å². The molecule has 0 saturated carbocycles. The third-order valence-electron chi connectivity index (χ3n) is 5.44. The molecule has 7 nitrogen and oxygen atoms in total. The molecule has 2 aromatic rings. The van der Waals surface area contributed by atoms with Crippen molar-refractivity contribution < 1.29 is 8.42 Å². The van der Waals surface area contributed by atoms with Crippen LogP contribution in [0.1, 0.15) is 30.9 Å². The van der Waals surface area contributed by atoms with Gasteiger partial charge in [0.15, 0.2) is 5.96 Å². The van der Waals surface area contributed by atoms with Gasteiger partial charge in [-0.3, -0.25) is 9.89 Å². The lowest BCUT2D eigenvalue weighted by atomic mass is 10.0. The predicted octanol–water partition coefficient (Wildman–Crippen LogP) is 2.71. The van der Waals surface area contributed by atoms with E-state index in [-0.39, 0.29) is 28.9 Å². The predicted molar refractivity (Wildman–Crippen MR) is 141 cm³/mol. The minimum absolute atomic E-state index is 0. The second-order valence-electron chi connectivity index (χ2n) is 7.88. The molecular weight excluding hydrogens is 537 g/mol. The maximum absolute atomic E-state index is 11.4. The van der Waals surface area contributed by atoms with Gasteiger partial charge in [0.1, 0.15) is 0 Å². The van der Waals surface area contributed by atoms with Crippen LogP contribution in [0.4, 0.5) is 0 Å². The second-order valence-corrected chi connectivity index (χ2v) is 9.44. The quantitative estimate of drug-likeness (QED) is 0.257. The lowest BCUT2D eigenvalue weighted by Crippen LogP contribution is -2.48. The molecule has 0 bridgehead atoms. The largest absolute Gasteiger partial charge is 0.357 e. The Morgan fingerprint density at radius 3 is 2.31 bits per heavy atom. The molecule has 176 valence electrons. The van der Waals surface area contributed by atoms with Crippen molar-refractivity contribution in [3.8, 4) is 0 Å². The maximum Gasteiger partial charge on any atom is 0.238 e. The molecule has 1 heterocycles. The van der Waals surface area contributed by atoms with Crippen molar-refractivity contribution in [3.05, 3.63) is 65.7 Å². The number of rotatable bonds is 8. The summed E-state index contributed by atoms with van der Waals surface area (Å²) in [5, 5.41) is 12.0. The Hall–Kier alpha value is -1.69. The van der Waals surface area contributed by atoms with Gasteiger partial charge in [-0.15, -0.1) is 24.0 Å². The van der Waals surface area contributed by atoms with Crippen LogP contribution in [-0.4, -0.2) is 51.5 Å². The van der Waals surface area contributed by atoms with Crippen LogP contribution in [0.15, 0.2) is 64.5 Å². The van der Waals surface area contributed by atoms with Crippen LogP contribution >= 0.6 is 24.0 Å². The Morgan fingerprint density at radius 2 is 1.72 bits per heavy atom. The fourth-order valence-corrected chi connectivity index (χ4v) is 4.25. The van der Waals surface area contributed by atoms with Gasteiger partial charge in [-0.25, -0.2) is 13.6 Å². The van der Waals surface area contributed by atoms with Crippen molar-refractivity contribution in [1.29, 1.82) is 0 Å². The van der Waals surface area contributed by atoms with Gasteiger partial charge >= 0.3 is 0 Å². The first kappa shape index (κ1) is 26.6. The smallest absolute Gasteiger partial charge is 0.238 e. The highest BCUT2D eigenvalue weighted by atomic mass is 127. The standard InChI is InChI=1S/C23H33N5O2S.HI/c1-2-25-23(26-15-12-19-8-10-22(11-9-19)31(24,29)30)27-21-13-16-28(17-14-21)18-20-6-4-3-5-7-20;/h3-11,21H,2,12-18H2,1H3,(H2,24,29,30)(H2,25,26,27);1H. The molecule has 1 aliphatic rings. The maximum atomic E-state index is 11.4. The lowest BCUT2D eigenvalue weighted by Gasteiger charge is -2.33. The van der Waals surface area contributed by atoms with Gasteiger partial charge in [0.2, 0.25) is 10.0 Å². The Labute approximate surface area is 208 Å². The number of halogens is 1. The molecule has 0 aliphatic carbocycles. The Kier molecular flexibility index (Phi) is 10.9. The normalized spacial score (nSPS) is 15.8. The Balaban J connectivity index is 0.00000363. The number of aliphatic imine (C=N–C) groups is 1. The van der Waals surface area contributed by atoms with Crippen LogP contribution in [0.3, 0.4) is 0 Å². The van der Waals surface area contributed by atoms with Crippen LogP contribution in [0.2, 0.25) is 0 Å². The van der Waals surface area contributed by atoms with Crippen LogP contribution in [0.5, 0.6) is 0 Å². The summed E-state index contributed by atoms with van der Waals surface area (Å²) in [6.45, 7) is 6.64. The van der Waals surface area contributed by atoms with E-state index in [9.17, 15) is 8.42 Å². The monoisotopic (exact) mass is 571 g/mol. The number of piperidine rings is 1. The number of primary sulfonamides is 1. The van der Waals surface area contributed by atoms with Crippen molar-refractivity contribution in [2.24, 2.45) is 10.1 Å². The highest BCUT2D eigenvalue weighted by Crippen LogP contribution is 2.14. The third-order valence-corrected chi connectivity index (χ3v) is 6.37. The zero-order valence-electron chi connectivity index (χ0n) is 18.5. The molecule has 0 amide bonds. The highest BCUT2D eigenvalue weighted by molar-refractivity contribution is 14.0. The number of nitrogens with one attached hydrogen (secondary N) is 2. The van der Waals surface area contributed by atoms with E-state index in [0.717, 1.165) is 57.0 Å². The SMILES string of the molecule is CCNC(=NCCc1ccc(S(N)(=O)=O)cc1)NC1CCN(Cc2ccccc2)CC1.I. The van der Waals surface area contributed by atoms with E-state index in [1.54, 1.807) is 24.3 Å². The van der Waals surface area contributed by atoms with E-state index in [1.807, 2.05) is 0 Å². The molecule has 0 unspecified atom stereocenters. The van der Waals surface area contributed by atoms with Crippen molar-refractivity contribution in [1.82, 2.24) is 15.5 Å². The van der Waals surface area contributed by atoms with E-state index in [1.165, 1.54) is 5.56 Å². The van der Waals surface area contributed by atoms with Crippen LogP contribution in [0.25, 0.3) is 0 Å². The highest BCUT2D eigenvalue weighted by Gasteiger charge is 2.20. The van der Waals surface area contributed by atoms with Gasteiger partial charge in [0, 0.05) is 38.8 Å². The number of hydrogen-bond acceptors (Lipinski definition) is 4. The first-order valence-electron chi connectivity index (χ1n) is 10.9. The molecule has 9 heteroatoms. The number of nitrogens with two attached hydrogens (primary N) is 1. The molecule has 0 atom stereocenters. The fourth-order valence-electron chi connectivity index (χ4n) is 3.73. The first-order valence-corrected chi connectivity index (χ1v) is 12.4. The lowest BCUT2D eigenvalue weighted by molar-refractivity contribution is 0.198. The van der Waals surface area contributed by atoms with Crippen LogP contribution in [0, 0.1) is 0 Å². The first-order chi connectivity index (χ1) is 14.9. The number of sulfonamides is 1. The average Bonchev–Trinajstić information content (AvgIpc) is 2.76. The molecule has 3 rings (SSSR count). The molecular formula is C23H34IN5O2S. The summed E-state index contributed by atoms with van der Waals surface area (Å²) in [5.74, 6) is 0.838. The van der Waals surface area contributed by atoms with Crippen LogP contribution in [-0.2, 0) is 23.0 Å². The van der Waals surface area contributed by atoms with Gasteiger partial charge < -0.3 is 10.6 Å². The molecule has 1 fully saturated rings.